The SMILES string of the molecule is CC/C=C\C/C=C\C/C=C\C/C=C\C/C=C\CCCCCCCCOCC(COP(=O)(O)OCC(N)C(=O)O)OC(=O)CCCCCCC/C=C\CCCCCCCC. The topological polar surface area (TPSA) is 155 Å². The molecule has 11 heteroatoms. The average molecular weight is 850 g/mol. The lowest BCUT2D eigenvalue weighted by Gasteiger charge is -2.20. The molecular formula is C48H84NO9P. The van der Waals surface area contributed by atoms with Gasteiger partial charge < -0.3 is 25.2 Å². The van der Waals surface area contributed by atoms with Gasteiger partial charge in [0.1, 0.15) is 12.1 Å². The molecule has 0 saturated heterocycles. The van der Waals surface area contributed by atoms with E-state index in [2.05, 4.69) is 86.8 Å². The lowest BCUT2D eigenvalue weighted by Crippen LogP contribution is -2.34. The largest absolute Gasteiger partial charge is 0.480 e. The van der Waals surface area contributed by atoms with Gasteiger partial charge in [0.15, 0.2) is 0 Å². The number of carboxylic acid groups (broad SMARTS) is 1. The van der Waals surface area contributed by atoms with Crippen LogP contribution in [0.3, 0.4) is 0 Å². The average Bonchev–Trinajstić information content (AvgIpc) is 3.21. The van der Waals surface area contributed by atoms with Crippen LogP contribution in [0.2, 0.25) is 0 Å². The lowest BCUT2D eigenvalue weighted by atomic mass is 10.1. The van der Waals surface area contributed by atoms with Crippen molar-refractivity contribution in [2.75, 3.05) is 26.4 Å². The number of hydrogen-bond acceptors (Lipinski definition) is 8. The fourth-order valence-corrected chi connectivity index (χ4v) is 6.70. The summed E-state index contributed by atoms with van der Waals surface area (Å²) in [6.07, 6.45) is 53.8. The highest BCUT2D eigenvalue weighted by atomic mass is 31.2. The number of phosphoric ester groups is 1. The second kappa shape index (κ2) is 43.5. The first-order chi connectivity index (χ1) is 28.7. The molecule has 10 nitrogen and oxygen atoms in total. The molecule has 4 N–H and O–H groups in total. The number of ether oxygens (including phenoxy) is 2. The highest BCUT2D eigenvalue weighted by molar-refractivity contribution is 7.47. The molecule has 0 amide bonds. The number of carbonyl (C=O) groups excluding carboxylic acids is 1. The second-order valence-electron chi connectivity index (χ2n) is 15.1. The van der Waals surface area contributed by atoms with Gasteiger partial charge in [-0.25, -0.2) is 4.57 Å². The van der Waals surface area contributed by atoms with Gasteiger partial charge >= 0.3 is 19.8 Å². The summed E-state index contributed by atoms with van der Waals surface area (Å²) in [6.45, 7) is 3.71. The molecule has 59 heavy (non-hydrogen) atoms. The van der Waals surface area contributed by atoms with Crippen LogP contribution in [0.15, 0.2) is 72.9 Å². The number of aliphatic carboxylic acids is 1. The molecule has 0 fully saturated rings. The van der Waals surface area contributed by atoms with E-state index >= 15 is 0 Å². The van der Waals surface area contributed by atoms with E-state index in [0.29, 0.717) is 13.0 Å². The van der Waals surface area contributed by atoms with Crippen LogP contribution in [-0.2, 0) is 32.7 Å². The zero-order valence-electron chi connectivity index (χ0n) is 37.1. The fraction of sp³-hybridized carbons (Fsp3) is 0.708. The number of allylic oxidation sites excluding steroid dienone is 12. The Balaban J connectivity index is 4.25. The summed E-state index contributed by atoms with van der Waals surface area (Å²) in [5.41, 5.74) is 5.36. The van der Waals surface area contributed by atoms with Crippen molar-refractivity contribution < 1.29 is 42.7 Å². The Hall–Kier alpha value is -2.59. The molecule has 0 aromatic carbocycles. The molecule has 0 aromatic rings. The third kappa shape index (κ3) is 43.3. The van der Waals surface area contributed by atoms with E-state index in [1.165, 1.54) is 57.8 Å². The fourth-order valence-electron chi connectivity index (χ4n) is 5.92. The van der Waals surface area contributed by atoms with Gasteiger partial charge in [-0.1, -0.05) is 164 Å². The molecule has 0 aromatic heterocycles. The summed E-state index contributed by atoms with van der Waals surface area (Å²) in [5, 5.41) is 8.91. The van der Waals surface area contributed by atoms with Crippen molar-refractivity contribution in [3.05, 3.63) is 72.9 Å². The third-order valence-corrected chi connectivity index (χ3v) is 10.4. The quantitative estimate of drug-likeness (QED) is 0.0234. The van der Waals surface area contributed by atoms with Gasteiger partial charge in [0.2, 0.25) is 0 Å². The van der Waals surface area contributed by atoms with Crippen LogP contribution < -0.4 is 5.73 Å². The van der Waals surface area contributed by atoms with E-state index in [1.807, 2.05) is 0 Å². The van der Waals surface area contributed by atoms with Crippen LogP contribution >= 0.6 is 7.82 Å². The summed E-state index contributed by atoms with van der Waals surface area (Å²) in [5.74, 6) is -1.80. The molecule has 0 radical (unpaired) electrons. The monoisotopic (exact) mass is 850 g/mol. The number of rotatable bonds is 43. The molecule has 0 saturated carbocycles. The van der Waals surface area contributed by atoms with Crippen molar-refractivity contribution in [1.29, 1.82) is 0 Å². The first kappa shape index (κ1) is 56.4. The minimum atomic E-state index is -4.63. The Kier molecular flexibility index (Phi) is 41.6. The van der Waals surface area contributed by atoms with E-state index in [4.69, 9.17) is 29.4 Å². The van der Waals surface area contributed by atoms with E-state index in [1.54, 1.807) is 0 Å². The molecule has 3 atom stereocenters. The molecular weight excluding hydrogens is 765 g/mol. The van der Waals surface area contributed by atoms with Gasteiger partial charge in [-0.05, 0) is 83.5 Å². The van der Waals surface area contributed by atoms with E-state index in [-0.39, 0.29) is 13.0 Å². The Morgan fingerprint density at radius 1 is 0.559 bits per heavy atom. The van der Waals surface area contributed by atoms with E-state index < -0.39 is 45.1 Å². The molecule has 0 rings (SSSR count). The molecule has 3 unspecified atom stereocenters. The molecule has 340 valence electrons. The van der Waals surface area contributed by atoms with Gasteiger partial charge in [-0.3, -0.25) is 18.6 Å². The number of carboxylic acids is 1. The first-order valence-electron chi connectivity index (χ1n) is 23.0. The zero-order valence-corrected chi connectivity index (χ0v) is 38.0. The highest BCUT2D eigenvalue weighted by Gasteiger charge is 2.27. The minimum Gasteiger partial charge on any atom is -0.480 e. The summed E-state index contributed by atoms with van der Waals surface area (Å²) in [4.78, 5) is 33.6. The van der Waals surface area contributed by atoms with Crippen molar-refractivity contribution in [2.24, 2.45) is 5.73 Å². The summed E-state index contributed by atoms with van der Waals surface area (Å²) < 4.78 is 33.4. The Morgan fingerprint density at radius 2 is 0.983 bits per heavy atom. The van der Waals surface area contributed by atoms with Crippen LogP contribution in [0.4, 0.5) is 0 Å². The van der Waals surface area contributed by atoms with Gasteiger partial charge in [0.05, 0.1) is 19.8 Å². The first-order valence-corrected chi connectivity index (χ1v) is 24.5. The van der Waals surface area contributed by atoms with Crippen LogP contribution in [0.1, 0.15) is 181 Å². The van der Waals surface area contributed by atoms with Gasteiger partial charge in [0.25, 0.3) is 0 Å². The van der Waals surface area contributed by atoms with Crippen LogP contribution in [0, 0.1) is 0 Å². The summed E-state index contributed by atoms with van der Waals surface area (Å²) in [6, 6.07) is -1.48. The van der Waals surface area contributed by atoms with Crippen molar-refractivity contribution >= 4 is 19.8 Å². The molecule has 0 spiro atoms. The van der Waals surface area contributed by atoms with Crippen molar-refractivity contribution in [2.45, 2.75) is 193 Å². The summed E-state index contributed by atoms with van der Waals surface area (Å²) in [7, 11) is -4.63. The lowest BCUT2D eigenvalue weighted by molar-refractivity contribution is -0.154. The normalized spacial score (nSPS) is 14.5. The zero-order chi connectivity index (χ0) is 43.3. The highest BCUT2D eigenvalue weighted by Crippen LogP contribution is 2.43. The van der Waals surface area contributed by atoms with E-state index in [0.717, 1.165) is 96.3 Å². The van der Waals surface area contributed by atoms with Crippen molar-refractivity contribution in [3.8, 4) is 0 Å². The van der Waals surface area contributed by atoms with Crippen LogP contribution in [0.25, 0.3) is 0 Å². The molecule has 0 heterocycles. The minimum absolute atomic E-state index is 0.00000231. The molecule has 0 aliphatic rings. The standard InChI is InChI=1S/C48H84NO9P/c1-3-5-7-9-11-13-15-17-19-20-21-22-23-24-25-27-29-31-33-35-37-39-41-55-42-45(43-56-59(53,54)57-44-46(49)48(51)52)58-47(50)40-38-36-34-32-30-28-26-18-16-14-12-10-8-6-4-2/h5,7,11,13,17-19,21-22,24-26,45-46H,3-4,6,8-10,12,14-16,20,23,27-44,49H2,1-2H3,(H,51,52)(H,53,54)/b7-5-,13-11-,19-17-,22-21-,25-24-,26-18-. The van der Waals surface area contributed by atoms with Crippen molar-refractivity contribution in [1.82, 2.24) is 0 Å². The smallest absolute Gasteiger partial charge is 0.472 e. The predicted octanol–water partition coefficient (Wildman–Crippen LogP) is 13.0. The van der Waals surface area contributed by atoms with Gasteiger partial charge in [-0.2, -0.15) is 0 Å². The number of carbonyl (C=O) groups is 2. The second-order valence-corrected chi connectivity index (χ2v) is 16.6. The Labute approximate surface area is 359 Å². The number of nitrogens with two attached hydrogens (primary N) is 1. The van der Waals surface area contributed by atoms with Gasteiger partial charge in [0, 0.05) is 13.0 Å². The Morgan fingerprint density at radius 3 is 1.49 bits per heavy atom. The van der Waals surface area contributed by atoms with Crippen LogP contribution in [-0.4, -0.2) is 60.5 Å². The molecule has 0 bridgehead atoms. The maximum atomic E-state index is 12.6. The Bertz CT molecular complexity index is 1210. The number of unbranched alkanes of at least 4 members (excludes halogenated alkanes) is 17. The maximum Gasteiger partial charge on any atom is 0.472 e. The number of phosphoric acid groups is 1. The maximum absolute atomic E-state index is 12.6. The van der Waals surface area contributed by atoms with E-state index in [9.17, 15) is 19.0 Å². The van der Waals surface area contributed by atoms with Gasteiger partial charge in [-0.15, -0.1) is 0 Å². The van der Waals surface area contributed by atoms with Crippen LogP contribution in [0.5, 0.6) is 0 Å². The third-order valence-electron chi connectivity index (χ3n) is 9.47. The predicted molar refractivity (Wildman–Crippen MR) is 244 cm³/mol. The summed E-state index contributed by atoms with van der Waals surface area (Å²) >= 11 is 0. The number of esters is 1. The molecule has 0 aliphatic heterocycles. The molecule has 0 aliphatic carbocycles. The number of hydrogen-bond donors (Lipinski definition) is 3. The van der Waals surface area contributed by atoms with Crippen molar-refractivity contribution in [3.63, 3.8) is 0 Å².